The van der Waals surface area contributed by atoms with Crippen LogP contribution in [0.4, 0.5) is 0 Å². The summed E-state index contributed by atoms with van der Waals surface area (Å²) in [7, 11) is 0. The summed E-state index contributed by atoms with van der Waals surface area (Å²) in [5.74, 6) is 1.32. The molecule has 4 heterocycles. The zero-order valence-corrected chi connectivity index (χ0v) is 30.3. The number of hydrogen-bond acceptors (Lipinski definition) is 3. The molecule has 12 rings (SSSR count). The first-order valence-electron chi connectivity index (χ1n) is 21.3. The summed E-state index contributed by atoms with van der Waals surface area (Å²) in [5, 5.41) is 5.71. The van der Waals surface area contributed by atoms with E-state index in [0.29, 0.717) is 28.6 Å². The molecule has 4 aromatic heterocycles. The zero-order chi connectivity index (χ0) is 41.8. The summed E-state index contributed by atoms with van der Waals surface area (Å²) in [6.45, 7) is 0. The highest BCUT2D eigenvalue weighted by Crippen LogP contribution is 2.42. The van der Waals surface area contributed by atoms with Crippen molar-refractivity contribution in [1.82, 2.24) is 28.7 Å². The second-order valence-corrected chi connectivity index (χ2v) is 14.1. The minimum Gasteiger partial charge on any atom is -0.309 e. The van der Waals surface area contributed by atoms with Crippen LogP contribution < -0.4 is 0 Å². The number of nitrogens with zero attached hydrogens (tertiary/aromatic N) is 6. The van der Waals surface area contributed by atoms with Crippen molar-refractivity contribution in [3.05, 3.63) is 194 Å². The van der Waals surface area contributed by atoms with Crippen molar-refractivity contribution in [3.8, 4) is 40.1 Å². The van der Waals surface area contributed by atoms with Gasteiger partial charge in [-0.05, 0) is 48.5 Å². The van der Waals surface area contributed by atoms with Gasteiger partial charge in [0.25, 0.3) is 0 Å². The fourth-order valence-corrected chi connectivity index (χ4v) is 8.64. The zero-order valence-electron chi connectivity index (χ0n) is 35.3. The van der Waals surface area contributed by atoms with Gasteiger partial charge >= 0.3 is 0 Å². The topological polar surface area (TPSA) is 53.5 Å². The molecule has 6 nitrogen and oxygen atoms in total. The van der Waals surface area contributed by atoms with E-state index in [1.807, 2.05) is 106 Å². The van der Waals surface area contributed by atoms with Gasteiger partial charge in [-0.3, -0.25) is 4.57 Å². The first kappa shape index (κ1) is 26.9. The first-order valence-corrected chi connectivity index (χ1v) is 18.8. The highest BCUT2D eigenvalue weighted by Gasteiger charge is 2.25. The third-order valence-corrected chi connectivity index (χ3v) is 11.0. The molecular formula is C51H32N6. The molecule has 0 aliphatic heterocycles. The number of benzene rings is 8. The molecule has 0 fully saturated rings. The fraction of sp³-hybridized carbons (Fsp3) is 0. The normalized spacial score (nSPS) is 13.1. The van der Waals surface area contributed by atoms with E-state index >= 15 is 0 Å². The second kappa shape index (κ2) is 12.3. The summed E-state index contributed by atoms with van der Waals surface area (Å²) in [4.78, 5) is 16.0. The third kappa shape index (κ3) is 4.68. The Morgan fingerprint density at radius 2 is 0.842 bits per heavy atom. The van der Waals surface area contributed by atoms with E-state index in [9.17, 15) is 2.74 Å². The third-order valence-electron chi connectivity index (χ3n) is 11.0. The van der Waals surface area contributed by atoms with Crippen LogP contribution in [0.2, 0.25) is 0 Å². The minimum absolute atomic E-state index is 0.0632. The van der Waals surface area contributed by atoms with E-state index in [1.165, 1.54) is 0 Å². The first-order chi connectivity index (χ1) is 30.4. The summed E-state index contributed by atoms with van der Waals surface area (Å²) in [6, 6.07) is 53.0. The Morgan fingerprint density at radius 3 is 1.49 bits per heavy atom. The number of aromatic nitrogens is 6. The van der Waals surface area contributed by atoms with Crippen molar-refractivity contribution in [2.75, 3.05) is 0 Å². The molecule has 0 aliphatic carbocycles. The van der Waals surface area contributed by atoms with E-state index in [0.717, 1.165) is 71.2 Å². The molecule has 0 saturated heterocycles. The number of para-hydroxylation sites is 6. The Kier molecular flexibility index (Phi) is 5.82. The fourth-order valence-electron chi connectivity index (χ4n) is 8.64. The molecule has 0 unspecified atom stereocenters. The molecule has 6 heteroatoms. The van der Waals surface area contributed by atoms with Crippen LogP contribution >= 0.6 is 0 Å². The summed E-state index contributed by atoms with van der Waals surface area (Å²) in [5.41, 5.74) is 7.64. The second-order valence-electron chi connectivity index (χ2n) is 14.1. The quantitative estimate of drug-likeness (QED) is 0.177. The lowest BCUT2D eigenvalue weighted by atomic mass is 10.1. The monoisotopic (exact) mass is 733 g/mol. The van der Waals surface area contributed by atoms with Gasteiger partial charge < -0.3 is 9.13 Å². The van der Waals surface area contributed by atoms with Crippen molar-refractivity contribution < 1.29 is 6.85 Å². The Hall–Kier alpha value is -7.83. The average Bonchev–Trinajstić information content (AvgIpc) is 3.97. The van der Waals surface area contributed by atoms with Crippen LogP contribution in [0.3, 0.4) is 0 Å². The maximum Gasteiger partial charge on any atom is 0.238 e. The predicted octanol–water partition coefficient (Wildman–Crippen LogP) is 12.5. The molecule has 0 aliphatic rings. The number of fused-ring (bicyclic) bond motifs is 10. The van der Waals surface area contributed by atoms with Crippen LogP contribution in [-0.2, 0) is 0 Å². The molecule has 266 valence electrons. The molecule has 8 aromatic carbocycles. The van der Waals surface area contributed by atoms with Gasteiger partial charge in [0.2, 0.25) is 5.95 Å². The van der Waals surface area contributed by atoms with E-state index in [-0.39, 0.29) is 17.8 Å². The molecule has 0 atom stereocenters. The summed E-state index contributed by atoms with van der Waals surface area (Å²) >= 11 is 0. The van der Waals surface area contributed by atoms with Gasteiger partial charge in [-0.15, -0.1) is 0 Å². The Bertz CT molecular complexity index is 3790. The summed E-state index contributed by atoms with van der Waals surface area (Å²) in [6.07, 6.45) is 0. The van der Waals surface area contributed by atoms with Crippen molar-refractivity contribution >= 4 is 65.4 Å². The molecule has 0 bridgehead atoms. The van der Waals surface area contributed by atoms with Crippen LogP contribution in [0, 0.1) is 0 Å². The van der Waals surface area contributed by atoms with E-state index < -0.39 is 18.1 Å². The van der Waals surface area contributed by atoms with Crippen molar-refractivity contribution in [1.29, 1.82) is 0 Å². The molecule has 0 radical (unpaired) electrons. The summed E-state index contributed by atoms with van der Waals surface area (Å²) < 4.78 is 50.4. The van der Waals surface area contributed by atoms with Crippen LogP contribution in [0.25, 0.3) is 106 Å². The number of hydrogen-bond donors (Lipinski definition) is 0. The van der Waals surface area contributed by atoms with Gasteiger partial charge in [-0.25, -0.2) is 4.98 Å². The van der Waals surface area contributed by atoms with E-state index in [1.54, 1.807) is 0 Å². The molecule has 0 amide bonds. The van der Waals surface area contributed by atoms with Crippen LogP contribution in [0.15, 0.2) is 194 Å². The molecule has 0 N–H and O–H groups in total. The molecule has 0 saturated carbocycles. The van der Waals surface area contributed by atoms with E-state index in [4.69, 9.17) is 19.1 Å². The minimum atomic E-state index is -0.448. The van der Waals surface area contributed by atoms with Crippen LogP contribution in [0.1, 0.15) is 6.85 Å². The molecule has 57 heavy (non-hydrogen) atoms. The Labute approximate surface area is 334 Å². The highest BCUT2D eigenvalue weighted by atomic mass is 15.2. The van der Waals surface area contributed by atoms with Gasteiger partial charge in [-0.2, -0.15) is 9.97 Å². The standard InChI is InChI=1S/C51H32N6/c1-4-17-33(18-5-1)49-52-50(42-27-16-26-39-36-23-10-13-28-43(36)55(46(39)42)34-19-6-2-7-20-34)54-51(53-49)57-45-30-15-12-25-38(45)41-32-31-40-37-24-11-14-29-44(37)56(47(40)48(41)57)35-21-8-3-9-22-35/h1-32H/i3D,8D,9D,21D,22D. The number of rotatable bonds is 5. The van der Waals surface area contributed by atoms with Crippen molar-refractivity contribution in [2.45, 2.75) is 0 Å². The van der Waals surface area contributed by atoms with Gasteiger partial charge in [0.05, 0.1) is 40.0 Å². The van der Waals surface area contributed by atoms with Gasteiger partial charge in [-0.1, -0.05) is 146 Å². The highest BCUT2D eigenvalue weighted by molar-refractivity contribution is 6.23. The predicted molar refractivity (Wildman–Crippen MR) is 234 cm³/mol. The van der Waals surface area contributed by atoms with Gasteiger partial charge in [0.1, 0.15) is 0 Å². The smallest absolute Gasteiger partial charge is 0.238 e. The van der Waals surface area contributed by atoms with Crippen LogP contribution in [0.5, 0.6) is 0 Å². The van der Waals surface area contributed by atoms with Crippen molar-refractivity contribution in [2.24, 2.45) is 0 Å². The largest absolute Gasteiger partial charge is 0.309 e. The Balaban J connectivity index is 1.25. The maximum absolute atomic E-state index is 9.19. The van der Waals surface area contributed by atoms with E-state index in [2.05, 4.69) is 71.3 Å². The molecule has 0 spiro atoms. The lowest BCUT2D eigenvalue weighted by Gasteiger charge is -2.14. The van der Waals surface area contributed by atoms with Crippen LogP contribution in [-0.4, -0.2) is 28.7 Å². The lowest BCUT2D eigenvalue weighted by Crippen LogP contribution is -2.07. The van der Waals surface area contributed by atoms with Gasteiger partial charge in [0.15, 0.2) is 11.6 Å². The molecular weight excluding hydrogens is 697 g/mol. The SMILES string of the molecule is [2H]c1c([2H])c([2H])c(-n2c3ccccc3c3ccc4c5ccccc5n(-c5nc(-c6ccccc6)nc(-c6cccc7c8ccccc8n(-c8ccccc8)c67)n5)c4c32)c([2H])c1[2H]. The Morgan fingerprint density at radius 1 is 0.351 bits per heavy atom. The van der Waals surface area contributed by atoms with Gasteiger partial charge in [0, 0.05) is 54.8 Å². The maximum atomic E-state index is 9.19. The lowest BCUT2D eigenvalue weighted by molar-refractivity contribution is 0.953. The molecule has 12 aromatic rings. The average molecular weight is 734 g/mol. The van der Waals surface area contributed by atoms with Crippen molar-refractivity contribution in [3.63, 3.8) is 0 Å².